The van der Waals surface area contributed by atoms with Gasteiger partial charge in [0.05, 0.1) is 12.7 Å². The zero-order valence-electron chi connectivity index (χ0n) is 16.1. The van der Waals surface area contributed by atoms with E-state index >= 15 is 0 Å². The van der Waals surface area contributed by atoms with Crippen LogP contribution in [0.25, 0.3) is 0 Å². The van der Waals surface area contributed by atoms with Gasteiger partial charge in [-0.2, -0.15) is 0 Å². The quantitative estimate of drug-likeness (QED) is 0.825. The molecular weight excluding hydrogens is 344 g/mol. The van der Waals surface area contributed by atoms with Gasteiger partial charge in [0, 0.05) is 32.6 Å². The number of β-amino-alcohol motifs (C(OH)–C–C–N with tert-alkyl or cyclic N) is 1. The van der Waals surface area contributed by atoms with E-state index in [2.05, 4.69) is 0 Å². The second-order valence-corrected chi connectivity index (χ2v) is 7.98. The molecule has 6 nitrogen and oxygen atoms in total. The molecule has 2 fully saturated rings. The molecule has 27 heavy (non-hydrogen) atoms. The molecule has 2 amide bonds. The molecule has 1 aromatic carbocycles. The SMILES string of the molecule is C[C@@H](O)CN1CC2(CCC1=O)CCN(C(=O)COCc1ccccc1)CC2. The van der Waals surface area contributed by atoms with E-state index in [1.807, 2.05) is 35.2 Å². The fraction of sp³-hybridized carbons (Fsp3) is 0.619. The number of benzene rings is 1. The Bertz CT molecular complexity index is 639. The summed E-state index contributed by atoms with van der Waals surface area (Å²) in [6.45, 7) is 4.79. The number of amides is 2. The van der Waals surface area contributed by atoms with Crippen LogP contribution in [0.1, 0.15) is 38.2 Å². The highest BCUT2D eigenvalue weighted by atomic mass is 16.5. The first-order valence-corrected chi connectivity index (χ1v) is 9.83. The molecule has 3 rings (SSSR count). The number of likely N-dealkylation sites (tertiary alicyclic amines) is 2. The fourth-order valence-corrected chi connectivity index (χ4v) is 4.15. The molecule has 6 heteroatoms. The minimum Gasteiger partial charge on any atom is -0.392 e. The third-order valence-electron chi connectivity index (χ3n) is 5.75. The summed E-state index contributed by atoms with van der Waals surface area (Å²) in [7, 11) is 0. The number of nitrogens with zero attached hydrogens (tertiary/aromatic N) is 2. The van der Waals surface area contributed by atoms with E-state index in [-0.39, 0.29) is 23.8 Å². The maximum absolute atomic E-state index is 12.4. The molecule has 148 valence electrons. The van der Waals surface area contributed by atoms with Crippen LogP contribution in [0, 0.1) is 5.41 Å². The lowest BCUT2D eigenvalue weighted by Crippen LogP contribution is -2.53. The first-order chi connectivity index (χ1) is 13.0. The van der Waals surface area contributed by atoms with Crippen LogP contribution in [-0.2, 0) is 20.9 Å². The summed E-state index contributed by atoms with van der Waals surface area (Å²) in [6, 6.07) is 9.84. The van der Waals surface area contributed by atoms with Crippen LogP contribution in [0.2, 0.25) is 0 Å². The Morgan fingerprint density at radius 1 is 1.22 bits per heavy atom. The number of carbonyl (C=O) groups excluding carboxylic acids is 2. The van der Waals surface area contributed by atoms with Crippen LogP contribution in [0.15, 0.2) is 30.3 Å². The van der Waals surface area contributed by atoms with Gasteiger partial charge < -0.3 is 19.6 Å². The lowest BCUT2D eigenvalue weighted by Gasteiger charge is -2.47. The molecule has 1 N–H and O–H groups in total. The Labute approximate surface area is 161 Å². The molecule has 2 aliphatic heterocycles. The van der Waals surface area contributed by atoms with Gasteiger partial charge in [-0.1, -0.05) is 30.3 Å². The van der Waals surface area contributed by atoms with Gasteiger partial charge in [-0.3, -0.25) is 9.59 Å². The molecular formula is C21H30N2O4. The van der Waals surface area contributed by atoms with Crippen molar-refractivity contribution in [3.8, 4) is 0 Å². The van der Waals surface area contributed by atoms with Crippen LogP contribution in [0.5, 0.6) is 0 Å². The molecule has 0 radical (unpaired) electrons. The number of rotatable bonds is 6. The predicted octanol–water partition coefficient (Wildman–Crippen LogP) is 1.82. The Balaban J connectivity index is 1.45. The summed E-state index contributed by atoms with van der Waals surface area (Å²) in [5.74, 6) is 0.169. The van der Waals surface area contributed by atoms with Crippen LogP contribution in [-0.4, -0.2) is 65.6 Å². The van der Waals surface area contributed by atoms with Crippen LogP contribution in [0.4, 0.5) is 0 Å². The smallest absolute Gasteiger partial charge is 0.248 e. The number of aliphatic hydroxyl groups excluding tert-OH is 1. The van der Waals surface area contributed by atoms with E-state index in [1.54, 1.807) is 11.8 Å². The van der Waals surface area contributed by atoms with Crippen molar-refractivity contribution in [3.05, 3.63) is 35.9 Å². The van der Waals surface area contributed by atoms with Gasteiger partial charge >= 0.3 is 0 Å². The standard InChI is InChI=1S/C21H30N2O4/c1-17(24)13-23-16-21(8-7-19(23)25)9-11-22(12-10-21)20(26)15-27-14-18-5-3-2-4-6-18/h2-6,17,24H,7-16H2,1H3/t17-/m1/s1. The Morgan fingerprint density at radius 3 is 2.59 bits per heavy atom. The monoisotopic (exact) mass is 374 g/mol. The summed E-state index contributed by atoms with van der Waals surface area (Å²) in [4.78, 5) is 28.2. The summed E-state index contributed by atoms with van der Waals surface area (Å²) in [6.07, 6.45) is 2.73. The predicted molar refractivity (Wildman–Crippen MR) is 102 cm³/mol. The van der Waals surface area contributed by atoms with Gasteiger partial charge in [0.1, 0.15) is 6.61 Å². The third kappa shape index (κ3) is 5.30. The summed E-state index contributed by atoms with van der Waals surface area (Å²) in [5, 5.41) is 9.63. The van der Waals surface area contributed by atoms with Crippen molar-refractivity contribution >= 4 is 11.8 Å². The zero-order valence-corrected chi connectivity index (χ0v) is 16.1. The van der Waals surface area contributed by atoms with E-state index < -0.39 is 6.10 Å². The summed E-state index contributed by atoms with van der Waals surface area (Å²) in [5.41, 5.74) is 1.15. The molecule has 2 heterocycles. The van der Waals surface area contributed by atoms with Gasteiger partial charge in [0.2, 0.25) is 11.8 Å². The highest BCUT2D eigenvalue weighted by Crippen LogP contribution is 2.40. The van der Waals surface area contributed by atoms with Crippen molar-refractivity contribution < 1.29 is 19.4 Å². The summed E-state index contributed by atoms with van der Waals surface area (Å²) < 4.78 is 5.57. The highest BCUT2D eigenvalue weighted by Gasteiger charge is 2.41. The molecule has 0 unspecified atom stereocenters. The van der Waals surface area contributed by atoms with Crippen molar-refractivity contribution in [2.75, 3.05) is 32.8 Å². The van der Waals surface area contributed by atoms with E-state index in [4.69, 9.17) is 4.74 Å². The molecule has 0 aliphatic carbocycles. The topological polar surface area (TPSA) is 70.1 Å². The number of piperidine rings is 2. The molecule has 2 saturated heterocycles. The number of ether oxygens (including phenoxy) is 1. The highest BCUT2D eigenvalue weighted by molar-refractivity contribution is 5.78. The van der Waals surface area contributed by atoms with Crippen molar-refractivity contribution in [3.63, 3.8) is 0 Å². The van der Waals surface area contributed by atoms with Crippen molar-refractivity contribution in [1.29, 1.82) is 0 Å². The lowest BCUT2D eigenvalue weighted by molar-refractivity contribution is -0.145. The number of carbonyl (C=O) groups is 2. The van der Waals surface area contributed by atoms with Crippen LogP contribution < -0.4 is 0 Å². The lowest BCUT2D eigenvalue weighted by atomic mass is 9.72. The Hall–Kier alpha value is -1.92. The van der Waals surface area contributed by atoms with Gasteiger partial charge in [-0.05, 0) is 37.2 Å². The molecule has 1 atom stereocenters. The van der Waals surface area contributed by atoms with Gasteiger partial charge in [-0.15, -0.1) is 0 Å². The van der Waals surface area contributed by atoms with E-state index in [0.717, 1.165) is 24.8 Å². The van der Waals surface area contributed by atoms with Crippen molar-refractivity contribution in [2.24, 2.45) is 5.41 Å². The number of hydrogen-bond donors (Lipinski definition) is 1. The van der Waals surface area contributed by atoms with E-state index in [9.17, 15) is 14.7 Å². The third-order valence-corrected chi connectivity index (χ3v) is 5.75. The second kappa shape index (κ2) is 8.85. The molecule has 0 bridgehead atoms. The Kier molecular flexibility index (Phi) is 6.50. The van der Waals surface area contributed by atoms with Gasteiger partial charge in [0.15, 0.2) is 0 Å². The molecule has 0 saturated carbocycles. The van der Waals surface area contributed by atoms with Crippen molar-refractivity contribution in [1.82, 2.24) is 9.80 Å². The second-order valence-electron chi connectivity index (χ2n) is 7.98. The van der Waals surface area contributed by atoms with E-state index in [0.29, 0.717) is 39.2 Å². The van der Waals surface area contributed by atoms with Gasteiger partial charge in [0.25, 0.3) is 0 Å². The number of hydrogen-bond acceptors (Lipinski definition) is 4. The van der Waals surface area contributed by atoms with Gasteiger partial charge in [-0.25, -0.2) is 0 Å². The average molecular weight is 374 g/mol. The molecule has 1 spiro atoms. The minimum atomic E-state index is -0.507. The normalized spacial score (nSPS) is 20.7. The Morgan fingerprint density at radius 2 is 1.93 bits per heavy atom. The average Bonchev–Trinajstić information content (AvgIpc) is 2.66. The minimum absolute atomic E-state index is 0.0357. The molecule has 0 aromatic heterocycles. The fourth-order valence-electron chi connectivity index (χ4n) is 4.15. The largest absolute Gasteiger partial charge is 0.392 e. The first kappa shape index (κ1) is 19.8. The summed E-state index contributed by atoms with van der Waals surface area (Å²) >= 11 is 0. The number of aliphatic hydroxyl groups is 1. The zero-order chi connectivity index (χ0) is 19.3. The maximum Gasteiger partial charge on any atom is 0.248 e. The maximum atomic E-state index is 12.4. The van der Waals surface area contributed by atoms with Crippen LogP contribution >= 0.6 is 0 Å². The van der Waals surface area contributed by atoms with Crippen LogP contribution in [0.3, 0.4) is 0 Å². The molecule has 2 aliphatic rings. The molecule has 1 aromatic rings. The first-order valence-electron chi connectivity index (χ1n) is 9.83. The van der Waals surface area contributed by atoms with Crippen molar-refractivity contribution in [2.45, 2.75) is 45.3 Å². The van der Waals surface area contributed by atoms with E-state index in [1.165, 1.54) is 0 Å².